The van der Waals surface area contributed by atoms with Crippen molar-refractivity contribution in [1.29, 1.82) is 0 Å². The Kier molecular flexibility index (Phi) is 8.04. The van der Waals surface area contributed by atoms with E-state index < -0.39 is 0 Å². The normalized spacial score (nSPS) is 25.6. The SMILES string of the molecule is Cl.Cl.NC1CC2CCCC(C1)C2NC(=O)c1cccc(Oc2cnccn2)c1. The van der Waals surface area contributed by atoms with Gasteiger partial charge in [0.2, 0.25) is 5.88 Å². The highest BCUT2D eigenvalue weighted by Crippen LogP contribution is 2.39. The highest BCUT2D eigenvalue weighted by atomic mass is 35.5. The summed E-state index contributed by atoms with van der Waals surface area (Å²) in [6.45, 7) is 0. The van der Waals surface area contributed by atoms with Crippen LogP contribution in [0.5, 0.6) is 11.6 Å². The zero-order valence-electron chi connectivity index (χ0n) is 15.5. The van der Waals surface area contributed by atoms with Crippen molar-refractivity contribution in [3.63, 3.8) is 0 Å². The third-order valence-corrected chi connectivity index (χ3v) is 5.53. The first-order valence-corrected chi connectivity index (χ1v) is 9.29. The smallest absolute Gasteiger partial charge is 0.251 e. The zero-order chi connectivity index (χ0) is 17.9. The molecule has 2 unspecified atom stereocenters. The van der Waals surface area contributed by atoms with Crippen LogP contribution in [0.15, 0.2) is 42.9 Å². The van der Waals surface area contributed by atoms with Crippen molar-refractivity contribution in [1.82, 2.24) is 15.3 Å². The molecule has 2 atom stereocenters. The highest BCUT2D eigenvalue weighted by molar-refractivity contribution is 5.94. The number of benzene rings is 1. The molecule has 1 amide bonds. The van der Waals surface area contributed by atoms with E-state index in [0.717, 1.165) is 25.7 Å². The summed E-state index contributed by atoms with van der Waals surface area (Å²) in [6, 6.07) is 7.69. The molecule has 3 N–H and O–H groups in total. The molecular formula is C20H26Cl2N4O2. The van der Waals surface area contributed by atoms with E-state index in [4.69, 9.17) is 10.5 Å². The molecule has 4 rings (SSSR count). The number of carbonyl (C=O) groups is 1. The molecule has 0 spiro atoms. The first kappa shape index (κ1) is 22.4. The maximum absolute atomic E-state index is 12.8. The summed E-state index contributed by atoms with van der Waals surface area (Å²) >= 11 is 0. The summed E-state index contributed by atoms with van der Waals surface area (Å²) in [5, 5.41) is 3.27. The molecule has 2 aliphatic carbocycles. The minimum atomic E-state index is -0.0491. The summed E-state index contributed by atoms with van der Waals surface area (Å²) in [5.41, 5.74) is 6.78. The average Bonchev–Trinajstić information content (AvgIpc) is 2.63. The molecule has 2 aromatic rings. The lowest BCUT2D eigenvalue weighted by Gasteiger charge is -2.45. The Balaban J connectivity index is 0.00000140. The lowest BCUT2D eigenvalue weighted by Crippen LogP contribution is -2.53. The second kappa shape index (κ2) is 10.0. The highest BCUT2D eigenvalue weighted by Gasteiger charge is 2.39. The van der Waals surface area contributed by atoms with Crippen LogP contribution in [0.3, 0.4) is 0 Å². The first-order valence-electron chi connectivity index (χ1n) is 9.29. The van der Waals surface area contributed by atoms with Gasteiger partial charge in [-0.05, 0) is 55.7 Å². The number of nitrogens with two attached hydrogens (primary N) is 1. The second-order valence-electron chi connectivity index (χ2n) is 7.36. The van der Waals surface area contributed by atoms with E-state index in [-0.39, 0.29) is 42.8 Å². The summed E-state index contributed by atoms with van der Waals surface area (Å²) in [6.07, 6.45) is 10.3. The van der Waals surface area contributed by atoms with Crippen molar-refractivity contribution in [2.45, 2.75) is 44.2 Å². The number of rotatable bonds is 4. The van der Waals surface area contributed by atoms with E-state index in [0.29, 0.717) is 29.0 Å². The van der Waals surface area contributed by atoms with Gasteiger partial charge in [0.05, 0.1) is 6.20 Å². The summed E-state index contributed by atoms with van der Waals surface area (Å²) < 4.78 is 5.68. The van der Waals surface area contributed by atoms with Crippen molar-refractivity contribution in [2.75, 3.05) is 0 Å². The number of nitrogens with one attached hydrogen (secondary N) is 1. The van der Waals surface area contributed by atoms with Gasteiger partial charge in [-0.25, -0.2) is 4.98 Å². The molecular weight excluding hydrogens is 399 g/mol. The Morgan fingerprint density at radius 2 is 1.89 bits per heavy atom. The van der Waals surface area contributed by atoms with Gasteiger partial charge in [0, 0.05) is 30.0 Å². The maximum Gasteiger partial charge on any atom is 0.251 e. The number of fused-ring (bicyclic) bond motifs is 2. The molecule has 0 saturated heterocycles. The predicted octanol–water partition coefficient (Wildman–Crippen LogP) is 3.75. The van der Waals surface area contributed by atoms with Crippen LogP contribution < -0.4 is 15.8 Å². The molecule has 8 heteroatoms. The second-order valence-corrected chi connectivity index (χ2v) is 7.36. The molecule has 2 bridgehead atoms. The summed E-state index contributed by atoms with van der Waals surface area (Å²) in [5.74, 6) is 1.93. The molecule has 2 saturated carbocycles. The molecule has 152 valence electrons. The van der Waals surface area contributed by atoms with Gasteiger partial charge >= 0.3 is 0 Å². The average molecular weight is 425 g/mol. The minimum Gasteiger partial charge on any atom is -0.437 e. The molecule has 28 heavy (non-hydrogen) atoms. The van der Waals surface area contributed by atoms with Crippen LogP contribution in [-0.2, 0) is 0 Å². The van der Waals surface area contributed by atoms with Gasteiger partial charge < -0.3 is 15.8 Å². The van der Waals surface area contributed by atoms with Crippen LogP contribution in [0.2, 0.25) is 0 Å². The van der Waals surface area contributed by atoms with Crippen LogP contribution in [-0.4, -0.2) is 28.0 Å². The Morgan fingerprint density at radius 3 is 2.57 bits per heavy atom. The lowest BCUT2D eigenvalue weighted by atomic mass is 9.67. The van der Waals surface area contributed by atoms with Gasteiger partial charge in [-0.3, -0.25) is 9.78 Å². The number of hydrogen-bond acceptors (Lipinski definition) is 5. The largest absolute Gasteiger partial charge is 0.437 e. The van der Waals surface area contributed by atoms with Crippen molar-refractivity contribution < 1.29 is 9.53 Å². The minimum absolute atomic E-state index is 0. The van der Waals surface area contributed by atoms with Gasteiger partial charge in [-0.2, -0.15) is 0 Å². The van der Waals surface area contributed by atoms with Crippen molar-refractivity contribution in [3.05, 3.63) is 48.4 Å². The van der Waals surface area contributed by atoms with Crippen LogP contribution in [0.25, 0.3) is 0 Å². The molecule has 1 aromatic heterocycles. The van der Waals surface area contributed by atoms with Crippen molar-refractivity contribution >= 4 is 30.7 Å². The monoisotopic (exact) mass is 424 g/mol. The lowest BCUT2D eigenvalue weighted by molar-refractivity contribution is 0.0755. The number of carbonyl (C=O) groups excluding carboxylic acids is 1. The van der Waals surface area contributed by atoms with E-state index in [1.165, 1.54) is 6.42 Å². The molecule has 1 heterocycles. The van der Waals surface area contributed by atoms with Crippen LogP contribution >= 0.6 is 24.8 Å². The van der Waals surface area contributed by atoms with Crippen LogP contribution in [0.1, 0.15) is 42.5 Å². The quantitative estimate of drug-likeness (QED) is 0.779. The van der Waals surface area contributed by atoms with E-state index in [2.05, 4.69) is 15.3 Å². The van der Waals surface area contributed by atoms with Crippen molar-refractivity contribution in [3.8, 4) is 11.6 Å². The third-order valence-electron chi connectivity index (χ3n) is 5.53. The Bertz CT molecular complexity index is 764. The number of ether oxygens (including phenoxy) is 1. The van der Waals surface area contributed by atoms with E-state index in [1.54, 1.807) is 30.7 Å². The van der Waals surface area contributed by atoms with Gasteiger partial charge in [-0.15, -0.1) is 24.8 Å². The summed E-state index contributed by atoms with van der Waals surface area (Å²) in [7, 11) is 0. The molecule has 2 fully saturated rings. The van der Waals surface area contributed by atoms with Crippen LogP contribution in [0, 0.1) is 11.8 Å². The van der Waals surface area contributed by atoms with E-state index in [9.17, 15) is 4.79 Å². The molecule has 6 nitrogen and oxygen atoms in total. The van der Waals surface area contributed by atoms with Gasteiger partial charge in [-0.1, -0.05) is 12.5 Å². The Labute approximate surface area is 177 Å². The van der Waals surface area contributed by atoms with Gasteiger partial charge in [0.15, 0.2) is 0 Å². The fourth-order valence-electron chi connectivity index (χ4n) is 4.42. The number of hydrogen-bond donors (Lipinski definition) is 2. The fourth-order valence-corrected chi connectivity index (χ4v) is 4.42. The predicted molar refractivity (Wildman–Crippen MR) is 112 cm³/mol. The number of amides is 1. The number of halogens is 2. The van der Waals surface area contributed by atoms with Crippen LogP contribution in [0.4, 0.5) is 0 Å². The van der Waals surface area contributed by atoms with E-state index >= 15 is 0 Å². The molecule has 0 radical (unpaired) electrons. The Hall–Kier alpha value is -1.89. The molecule has 2 aliphatic rings. The fraction of sp³-hybridized carbons (Fsp3) is 0.450. The maximum atomic E-state index is 12.8. The van der Waals surface area contributed by atoms with Crippen molar-refractivity contribution in [2.24, 2.45) is 17.6 Å². The number of aromatic nitrogens is 2. The zero-order valence-corrected chi connectivity index (χ0v) is 17.1. The van der Waals surface area contributed by atoms with Gasteiger partial charge in [0.1, 0.15) is 5.75 Å². The first-order chi connectivity index (χ1) is 12.7. The number of nitrogens with zero attached hydrogens (tertiary/aromatic N) is 2. The molecule has 0 aliphatic heterocycles. The summed E-state index contributed by atoms with van der Waals surface area (Å²) in [4.78, 5) is 20.9. The standard InChI is InChI=1S/C20H24N4O2.2ClH/c21-16-9-13-3-1-4-14(10-16)19(13)24-20(25)15-5-2-6-17(11-15)26-18-12-22-7-8-23-18;;/h2,5-8,11-14,16,19H,1,3-4,9-10,21H2,(H,24,25);2*1H. The van der Waals surface area contributed by atoms with E-state index in [1.807, 2.05) is 12.1 Å². The third kappa shape index (κ3) is 5.13. The Morgan fingerprint density at radius 1 is 1.14 bits per heavy atom. The van der Waals surface area contributed by atoms with Gasteiger partial charge in [0.25, 0.3) is 5.91 Å². The topological polar surface area (TPSA) is 90.1 Å². The molecule has 1 aromatic carbocycles.